The molecule has 0 aromatic heterocycles. The van der Waals surface area contributed by atoms with Crippen molar-refractivity contribution in [2.75, 3.05) is 18.0 Å². The van der Waals surface area contributed by atoms with Crippen molar-refractivity contribution in [1.29, 1.82) is 0 Å². The van der Waals surface area contributed by atoms with Crippen molar-refractivity contribution in [2.45, 2.75) is 53.4 Å². The Bertz CT molecular complexity index is 505. The van der Waals surface area contributed by atoms with Crippen LogP contribution in [0.5, 0.6) is 0 Å². The topological polar surface area (TPSA) is 49.4 Å². The molecular formula is C19H30N2O2. The van der Waals surface area contributed by atoms with Gasteiger partial charge >= 0.3 is 0 Å². The molecule has 0 saturated heterocycles. The van der Waals surface area contributed by atoms with Crippen molar-refractivity contribution in [2.24, 2.45) is 5.92 Å². The van der Waals surface area contributed by atoms with E-state index in [-0.39, 0.29) is 17.7 Å². The van der Waals surface area contributed by atoms with Gasteiger partial charge in [0.15, 0.2) is 0 Å². The van der Waals surface area contributed by atoms with Crippen LogP contribution in [0, 0.1) is 5.92 Å². The summed E-state index contributed by atoms with van der Waals surface area (Å²) in [6.45, 7) is 10.8. The predicted octanol–water partition coefficient (Wildman–Crippen LogP) is 3.72. The van der Waals surface area contributed by atoms with E-state index in [2.05, 4.69) is 31.3 Å². The lowest BCUT2D eigenvalue weighted by Crippen LogP contribution is -2.39. The van der Waals surface area contributed by atoms with Gasteiger partial charge < -0.3 is 10.2 Å². The van der Waals surface area contributed by atoms with Gasteiger partial charge in [0.05, 0.1) is 0 Å². The standard InChI is InChI=1S/C19H30N2O2/c1-6-16(7-2)19(23)20-12-13-21(15(5)22)18-10-8-17(9-11-18)14(3)4/h8-11,14,16H,6-7,12-13H2,1-5H3,(H,20,23). The lowest BCUT2D eigenvalue weighted by Gasteiger charge is -2.22. The Labute approximate surface area is 140 Å². The Hall–Kier alpha value is -1.84. The number of anilines is 1. The first kappa shape index (κ1) is 19.2. The minimum atomic E-state index is -0.0147. The largest absolute Gasteiger partial charge is 0.354 e. The second-order valence-corrected chi connectivity index (χ2v) is 6.22. The van der Waals surface area contributed by atoms with E-state index in [1.54, 1.807) is 11.8 Å². The monoisotopic (exact) mass is 318 g/mol. The maximum absolute atomic E-state index is 12.0. The number of carbonyl (C=O) groups excluding carboxylic acids is 2. The van der Waals surface area contributed by atoms with Crippen LogP contribution < -0.4 is 10.2 Å². The third kappa shape index (κ3) is 5.70. The fraction of sp³-hybridized carbons (Fsp3) is 0.579. The van der Waals surface area contributed by atoms with Gasteiger partial charge in [0.2, 0.25) is 11.8 Å². The number of nitrogens with zero attached hydrogens (tertiary/aromatic N) is 1. The van der Waals surface area contributed by atoms with Crippen LogP contribution in [-0.4, -0.2) is 24.9 Å². The lowest BCUT2D eigenvalue weighted by molar-refractivity contribution is -0.125. The van der Waals surface area contributed by atoms with Gasteiger partial charge in [-0.3, -0.25) is 9.59 Å². The number of benzene rings is 1. The molecule has 1 aromatic carbocycles. The van der Waals surface area contributed by atoms with Crippen LogP contribution in [0.25, 0.3) is 0 Å². The van der Waals surface area contributed by atoms with E-state index in [4.69, 9.17) is 0 Å². The Morgan fingerprint density at radius 3 is 2.09 bits per heavy atom. The fourth-order valence-corrected chi connectivity index (χ4v) is 2.60. The molecule has 1 rings (SSSR count). The van der Waals surface area contributed by atoms with Crippen LogP contribution in [-0.2, 0) is 9.59 Å². The minimum absolute atomic E-state index is 0.0147. The molecule has 0 bridgehead atoms. The highest BCUT2D eigenvalue weighted by Crippen LogP contribution is 2.20. The normalized spacial score (nSPS) is 10.9. The molecule has 0 radical (unpaired) electrons. The second kappa shape index (κ2) is 9.33. The van der Waals surface area contributed by atoms with Gasteiger partial charge in [0.25, 0.3) is 0 Å². The molecule has 0 spiro atoms. The molecule has 0 fully saturated rings. The van der Waals surface area contributed by atoms with Crippen molar-refractivity contribution in [1.82, 2.24) is 5.32 Å². The average Bonchev–Trinajstić information content (AvgIpc) is 2.52. The summed E-state index contributed by atoms with van der Waals surface area (Å²) in [5.41, 5.74) is 2.12. The van der Waals surface area contributed by atoms with Crippen LogP contribution in [0.1, 0.15) is 58.9 Å². The van der Waals surface area contributed by atoms with E-state index < -0.39 is 0 Å². The summed E-state index contributed by atoms with van der Waals surface area (Å²) >= 11 is 0. The van der Waals surface area contributed by atoms with E-state index >= 15 is 0 Å². The van der Waals surface area contributed by atoms with E-state index in [1.807, 2.05) is 26.0 Å². The molecule has 4 heteroatoms. The number of hydrogen-bond donors (Lipinski definition) is 1. The molecule has 0 atom stereocenters. The predicted molar refractivity (Wildman–Crippen MR) is 95.6 cm³/mol. The first-order chi connectivity index (χ1) is 10.9. The van der Waals surface area contributed by atoms with Crippen LogP contribution in [0.2, 0.25) is 0 Å². The van der Waals surface area contributed by atoms with Crippen molar-refractivity contribution >= 4 is 17.5 Å². The Kier molecular flexibility index (Phi) is 7.79. The third-order valence-corrected chi connectivity index (χ3v) is 4.24. The van der Waals surface area contributed by atoms with Gasteiger partial charge in [-0.1, -0.05) is 39.8 Å². The zero-order valence-electron chi connectivity index (χ0n) is 15.1. The van der Waals surface area contributed by atoms with E-state index in [0.29, 0.717) is 19.0 Å². The minimum Gasteiger partial charge on any atom is -0.354 e. The molecule has 0 unspecified atom stereocenters. The lowest BCUT2D eigenvalue weighted by atomic mass is 10.0. The van der Waals surface area contributed by atoms with E-state index in [9.17, 15) is 9.59 Å². The Morgan fingerprint density at radius 2 is 1.65 bits per heavy atom. The van der Waals surface area contributed by atoms with Gasteiger partial charge in [0.1, 0.15) is 0 Å². The third-order valence-electron chi connectivity index (χ3n) is 4.24. The quantitative estimate of drug-likeness (QED) is 0.794. The van der Waals surface area contributed by atoms with E-state index in [0.717, 1.165) is 18.5 Å². The smallest absolute Gasteiger partial charge is 0.223 e. The van der Waals surface area contributed by atoms with Crippen molar-refractivity contribution < 1.29 is 9.59 Å². The molecular weight excluding hydrogens is 288 g/mol. The molecule has 23 heavy (non-hydrogen) atoms. The zero-order chi connectivity index (χ0) is 17.4. The van der Waals surface area contributed by atoms with Gasteiger partial charge in [-0.15, -0.1) is 0 Å². The van der Waals surface area contributed by atoms with Crippen molar-refractivity contribution in [3.8, 4) is 0 Å². The molecule has 2 amide bonds. The second-order valence-electron chi connectivity index (χ2n) is 6.22. The molecule has 1 N–H and O–H groups in total. The first-order valence-electron chi connectivity index (χ1n) is 8.56. The molecule has 0 saturated carbocycles. The summed E-state index contributed by atoms with van der Waals surface area (Å²) in [5.74, 6) is 0.591. The van der Waals surface area contributed by atoms with Gasteiger partial charge in [0, 0.05) is 31.6 Å². The summed E-state index contributed by atoms with van der Waals surface area (Å²) in [6.07, 6.45) is 1.69. The highest BCUT2D eigenvalue weighted by atomic mass is 16.2. The Morgan fingerprint density at radius 1 is 1.09 bits per heavy atom. The van der Waals surface area contributed by atoms with E-state index in [1.165, 1.54) is 5.56 Å². The number of nitrogens with one attached hydrogen (secondary N) is 1. The molecule has 0 aliphatic rings. The van der Waals surface area contributed by atoms with Gasteiger partial charge in [-0.25, -0.2) is 0 Å². The molecule has 128 valence electrons. The van der Waals surface area contributed by atoms with Crippen molar-refractivity contribution in [3.63, 3.8) is 0 Å². The summed E-state index contributed by atoms with van der Waals surface area (Å²) in [5, 5.41) is 2.94. The fourth-order valence-electron chi connectivity index (χ4n) is 2.60. The van der Waals surface area contributed by atoms with Crippen LogP contribution in [0.3, 0.4) is 0 Å². The molecule has 0 aliphatic heterocycles. The average molecular weight is 318 g/mol. The summed E-state index contributed by atoms with van der Waals surface area (Å²) in [6, 6.07) is 8.05. The first-order valence-corrected chi connectivity index (χ1v) is 8.56. The highest BCUT2D eigenvalue weighted by molar-refractivity contribution is 5.91. The highest BCUT2D eigenvalue weighted by Gasteiger charge is 2.15. The number of rotatable bonds is 8. The molecule has 0 heterocycles. The van der Waals surface area contributed by atoms with Crippen LogP contribution in [0.15, 0.2) is 24.3 Å². The summed E-state index contributed by atoms with van der Waals surface area (Å²) in [4.78, 5) is 25.6. The van der Waals surface area contributed by atoms with Crippen molar-refractivity contribution in [3.05, 3.63) is 29.8 Å². The number of carbonyl (C=O) groups is 2. The maximum atomic E-state index is 12.0. The summed E-state index contributed by atoms with van der Waals surface area (Å²) in [7, 11) is 0. The number of amides is 2. The molecule has 1 aromatic rings. The Balaban J connectivity index is 2.66. The van der Waals surface area contributed by atoms with Crippen LogP contribution in [0.4, 0.5) is 5.69 Å². The van der Waals surface area contributed by atoms with Gasteiger partial charge in [-0.2, -0.15) is 0 Å². The SMILES string of the molecule is CCC(CC)C(=O)NCCN(C(C)=O)c1ccc(C(C)C)cc1. The van der Waals surface area contributed by atoms with Crippen LogP contribution >= 0.6 is 0 Å². The molecule has 0 aliphatic carbocycles. The number of hydrogen-bond acceptors (Lipinski definition) is 2. The maximum Gasteiger partial charge on any atom is 0.223 e. The summed E-state index contributed by atoms with van der Waals surface area (Å²) < 4.78 is 0. The van der Waals surface area contributed by atoms with Gasteiger partial charge in [-0.05, 0) is 36.5 Å². The molecule has 4 nitrogen and oxygen atoms in total. The zero-order valence-corrected chi connectivity index (χ0v) is 15.1.